The average Bonchev–Trinajstić information content (AvgIpc) is 2.27. The van der Waals surface area contributed by atoms with Gasteiger partial charge in [-0.2, -0.15) is 12.6 Å². The Morgan fingerprint density at radius 2 is 2.40 bits per heavy atom. The summed E-state index contributed by atoms with van der Waals surface area (Å²) in [5, 5.41) is 9.59. The number of thiol groups is 1. The summed E-state index contributed by atoms with van der Waals surface area (Å²) in [6.07, 6.45) is 0.660. The van der Waals surface area contributed by atoms with Gasteiger partial charge in [-0.25, -0.2) is 4.39 Å². The summed E-state index contributed by atoms with van der Waals surface area (Å²) >= 11 is 4.02. The third kappa shape index (κ3) is 2.26. The highest BCUT2D eigenvalue weighted by Crippen LogP contribution is 2.29. The maximum atomic E-state index is 12.9. The molecule has 0 aromatic heterocycles. The highest BCUT2D eigenvalue weighted by atomic mass is 32.1. The zero-order valence-electron chi connectivity index (χ0n) is 8.19. The van der Waals surface area contributed by atoms with Crippen molar-refractivity contribution >= 4 is 12.6 Å². The second-order valence-electron chi connectivity index (χ2n) is 3.70. The molecular formula is C11H13FO2S. The maximum absolute atomic E-state index is 12.9. The van der Waals surface area contributed by atoms with Crippen molar-refractivity contribution in [2.45, 2.75) is 25.0 Å². The van der Waals surface area contributed by atoms with E-state index in [-0.39, 0.29) is 11.9 Å². The Hall–Kier alpha value is -0.740. The first-order valence-corrected chi connectivity index (χ1v) is 5.58. The molecule has 2 unspecified atom stereocenters. The average molecular weight is 228 g/mol. The van der Waals surface area contributed by atoms with Gasteiger partial charge in [-0.05, 0) is 36.6 Å². The van der Waals surface area contributed by atoms with E-state index in [9.17, 15) is 9.50 Å². The summed E-state index contributed by atoms with van der Waals surface area (Å²) in [6, 6.07) is 4.47. The Labute approximate surface area is 93.5 Å². The first kappa shape index (κ1) is 10.8. The number of aliphatic hydroxyl groups excluding tert-OH is 1. The highest BCUT2D eigenvalue weighted by molar-refractivity contribution is 7.80. The molecule has 15 heavy (non-hydrogen) atoms. The number of hydrogen-bond donors (Lipinski definition) is 2. The van der Waals surface area contributed by atoms with Gasteiger partial charge in [0.1, 0.15) is 17.7 Å². The summed E-state index contributed by atoms with van der Waals surface area (Å²) in [5.41, 5.74) is 0.873. The Kier molecular flexibility index (Phi) is 3.17. The minimum atomic E-state index is -0.563. The molecule has 1 heterocycles. The SMILES string of the molecule is OC(CS)C1CCc2cc(F)ccc2O1. The maximum Gasteiger partial charge on any atom is 0.126 e. The smallest absolute Gasteiger partial charge is 0.126 e. The summed E-state index contributed by atoms with van der Waals surface area (Å²) in [6.45, 7) is 0. The molecule has 0 spiro atoms. The minimum absolute atomic E-state index is 0.222. The van der Waals surface area contributed by atoms with E-state index in [2.05, 4.69) is 12.6 Å². The number of aryl methyl sites for hydroxylation is 1. The lowest BCUT2D eigenvalue weighted by molar-refractivity contribution is 0.0387. The number of rotatable bonds is 2. The van der Waals surface area contributed by atoms with Crippen LogP contribution >= 0.6 is 12.6 Å². The molecule has 1 aromatic carbocycles. The molecule has 0 amide bonds. The zero-order valence-corrected chi connectivity index (χ0v) is 9.08. The summed E-state index contributed by atoms with van der Waals surface area (Å²) in [7, 11) is 0. The second kappa shape index (κ2) is 4.41. The van der Waals surface area contributed by atoms with Gasteiger partial charge in [0.25, 0.3) is 0 Å². The molecule has 0 saturated carbocycles. The monoisotopic (exact) mass is 228 g/mol. The number of ether oxygens (including phenoxy) is 1. The van der Waals surface area contributed by atoms with E-state index in [1.807, 2.05) is 0 Å². The third-order valence-electron chi connectivity index (χ3n) is 2.62. The van der Waals surface area contributed by atoms with Crippen LogP contribution in [0.15, 0.2) is 18.2 Å². The van der Waals surface area contributed by atoms with Gasteiger partial charge in [0.05, 0.1) is 6.10 Å². The number of hydrogen-bond acceptors (Lipinski definition) is 3. The fourth-order valence-corrected chi connectivity index (χ4v) is 2.00. The highest BCUT2D eigenvalue weighted by Gasteiger charge is 2.25. The van der Waals surface area contributed by atoms with Gasteiger partial charge in [-0.15, -0.1) is 0 Å². The number of fused-ring (bicyclic) bond motifs is 1. The number of halogens is 1. The van der Waals surface area contributed by atoms with Gasteiger partial charge in [-0.3, -0.25) is 0 Å². The summed E-state index contributed by atoms with van der Waals surface area (Å²) in [5.74, 6) is 0.806. The molecule has 0 bridgehead atoms. The van der Waals surface area contributed by atoms with E-state index in [0.717, 1.165) is 12.0 Å². The van der Waals surface area contributed by atoms with E-state index in [0.29, 0.717) is 17.9 Å². The van der Waals surface area contributed by atoms with Crippen LogP contribution in [-0.2, 0) is 6.42 Å². The van der Waals surface area contributed by atoms with Gasteiger partial charge in [0.2, 0.25) is 0 Å². The van der Waals surface area contributed by atoms with Gasteiger partial charge in [0.15, 0.2) is 0 Å². The van der Waals surface area contributed by atoms with Crippen LogP contribution in [0.25, 0.3) is 0 Å². The van der Waals surface area contributed by atoms with E-state index < -0.39 is 6.10 Å². The van der Waals surface area contributed by atoms with Gasteiger partial charge >= 0.3 is 0 Å². The largest absolute Gasteiger partial charge is 0.487 e. The van der Waals surface area contributed by atoms with Gasteiger partial charge in [-0.1, -0.05) is 0 Å². The third-order valence-corrected chi connectivity index (χ3v) is 2.99. The Morgan fingerprint density at radius 1 is 1.60 bits per heavy atom. The van der Waals surface area contributed by atoms with E-state index in [1.54, 1.807) is 6.07 Å². The minimum Gasteiger partial charge on any atom is -0.487 e. The first-order chi connectivity index (χ1) is 7.20. The predicted molar refractivity (Wildman–Crippen MR) is 59.0 cm³/mol. The van der Waals surface area contributed by atoms with Crippen molar-refractivity contribution < 1.29 is 14.2 Å². The fourth-order valence-electron chi connectivity index (χ4n) is 1.77. The molecule has 4 heteroatoms. The Balaban J connectivity index is 2.16. The van der Waals surface area contributed by atoms with Crippen molar-refractivity contribution in [3.05, 3.63) is 29.6 Å². The molecule has 1 aromatic rings. The zero-order chi connectivity index (χ0) is 10.8. The van der Waals surface area contributed by atoms with E-state index >= 15 is 0 Å². The second-order valence-corrected chi connectivity index (χ2v) is 4.06. The van der Waals surface area contributed by atoms with Crippen molar-refractivity contribution in [2.24, 2.45) is 0 Å². The van der Waals surface area contributed by atoms with Gasteiger partial charge < -0.3 is 9.84 Å². The van der Waals surface area contributed by atoms with Crippen LogP contribution in [0, 0.1) is 5.82 Å². The standard InChI is InChI=1S/C11H13FO2S/c12-8-2-4-10-7(5-8)1-3-11(14-10)9(13)6-15/h2,4-5,9,11,13,15H,1,3,6H2. The van der Waals surface area contributed by atoms with E-state index in [1.165, 1.54) is 12.1 Å². The molecule has 2 atom stereocenters. The summed E-state index contributed by atoms with van der Waals surface area (Å²) in [4.78, 5) is 0. The lowest BCUT2D eigenvalue weighted by Gasteiger charge is -2.28. The van der Waals surface area contributed by atoms with Crippen molar-refractivity contribution in [3.63, 3.8) is 0 Å². The molecule has 0 saturated heterocycles. The molecule has 1 aliphatic rings. The van der Waals surface area contributed by atoms with Crippen LogP contribution in [0.2, 0.25) is 0 Å². The van der Waals surface area contributed by atoms with Crippen LogP contribution in [0.4, 0.5) is 4.39 Å². The van der Waals surface area contributed by atoms with E-state index in [4.69, 9.17) is 4.74 Å². The topological polar surface area (TPSA) is 29.5 Å². The molecule has 2 nitrogen and oxygen atoms in total. The molecule has 1 N–H and O–H groups in total. The Morgan fingerprint density at radius 3 is 3.13 bits per heavy atom. The number of aliphatic hydroxyl groups is 1. The van der Waals surface area contributed by atoms with Crippen LogP contribution < -0.4 is 4.74 Å². The lowest BCUT2D eigenvalue weighted by atomic mass is 9.99. The van der Waals surface area contributed by atoms with Crippen LogP contribution in [0.5, 0.6) is 5.75 Å². The predicted octanol–water partition coefficient (Wildman–Crippen LogP) is 1.81. The van der Waals surface area contributed by atoms with Crippen molar-refractivity contribution in [3.8, 4) is 5.75 Å². The Bertz CT molecular complexity index is 356. The molecule has 2 rings (SSSR count). The number of benzene rings is 1. The first-order valence-electron chi connectivity index (χ1n) is 4.94. The lowest BCUT2D eigenvalue weighted by Crippen LogP contribution is -2.36. The molecule has 0 radical (unpaired) electrons. The molecule has 82 valence electrons. The molecule has 0 fully saturated rings. The van der Waals surface area contributed by atoms with Crippen LogP contribution in [-0.4, -0.2) is 23.1 Å². The van der Waals surface area contributed by atoms with Crippen molar-refractivity contribution in [2.75, 3.05) is 5.75 Å². The fraction of sp³-hybridized carbons (Fsp3) is 0.455. The normalized spacial score (nSPS) is 21.7. The van der Waals surface area contributed by atoms with Gasteiger partial charge in [0, 0.05) is 5.75 Å². The van der Waals surface area contributed by atoms with Crippen LogP contribution in [0.1, 0.15) is 12.0 Å². The van der Waals surface area contributed by atoms with Crippen molar-refractivity contribution in [1.29, 1.82) is 0 Å². The van der Waals surface area contributed by atoms with Crippen LogP contribution in [0.3, 0.4) is 0 Å². The molecule has 0 aliphatic carbocycles. The molecule has 1 aliphatic heterocycles. The summed E-state index contributed by atoms with van der Waals surface area (Å²) < 4.78 is 18.5. The van der Waals surface area contributed by atoms with Crippen molar-refractivity contribution in [1.82, 2.24) is 0 Å². The quantitative estimate of drug-likeness (QED) is 0.756. The molecular weight excluding hydrogens is 215 g/mol.